The second-order valence-corrected chi connectivity index (χ2v) is 5.14. The number of halogens is 2. The molecule has 3 aromatic rings. The molecule has 1 amide bonds. The molecule has 0 unspecified atom stereocenters. The van der Waals surface area contributed by atoms with E-state index in [1.54, 1.807) is 36.0 Å². The third-order valence-corrected chi connectivity index (χ3v) is 3.16. The molecule has 0 saturated heterocycles. The molecular weight excluding hydrogens is 321 g/mol. The summed E-state index contributed by atoms with van der Waals surface area (Å²) >= 11 is 5.81. The topological polar surface area (TPSA) is 72.7 Å². The smallest absolute Gasteiger partial charge is 0.275 e. The lowest BCUT2D eigenvalue weighted by Gasteiger charge is -2.07. The van der Waals surface area contributed by atoms with Crippen molar-refractivity contribution < 1.29 is 9.18 Å². The van der Waals surface area contributed by atoms with Crippen molar-refractivity contribution in [2.45, 2.75) is 6.92 Å². The van der Waals surface area contributed by atoms with Crippen LogP contribution in [0.15, 0.2) is 42.7 Å². The van der Waals surface area contributed by atoms with E-state index in [0.29, 0.717) is 16.5 Å². The van der Waals surface area contributed by atoms with E-state index in [0.717, 1.165) is 6.20 Å². The van der Waals surface area contributed by atoms with Gasteiger partial charge in [-0.1, -0.05) is 11.6 Å². The fraction of sp³-hybridized carbons (Fsp3) is 0.0667. The summed E-state index contributed by atoms with van der Waals surface area (Å²) in [7, 11) is 0. The van der Waals surface area contributed by atoms with Crippen molar-refractivity contribution in [3.63, 3.8) is 0 Å². The van der Waals surface area contributed by atoms with Crippen molar-refractivity contribution in [3.8, 4) is 5.69 Å². The highest BCUT2D eigenvalue weighted by Gasteiger charge is 2.12. The molecule has 0 aliphatic rings. The Hall–Kier alpha value is -2.80. The first-order valence-corrected chi connectivity index (χ1v) is 7.02. The van der Waals surface area contributed by atoms with Gasteiger partial charge in [0.1, 0.15) is 17.3 Å². The van der Waals surface area contributed by atoms with Crippen LogP contribution in [0.1, 0.15) is 16.2 Å². The molecule has 116 valence electrons. The fourth-order valence-corrected chi connectivity index (χ4v) is 2.11. The summed E-state index contributed by atoms with van der Waals surface area (Å²) < 4.78 is 14.4. The van der Waals surface area contributed by atoms with Crippen molar-refractivity contribution in [1.82, 2.24) is 19.7 Å². The molecule has 0 saturated carbocycles. The van der Waals surface area contributed by atoms with E-state index in [1.807, 2.05) is 0 Å². The summed E-state index contributed by atoms with van der Waals surface area (Å²) in [6.07, 6.45) is 2.71. The molecule has 0 aliphatic carbocycles. The lowest BCUT2D eigenvalue weighted by Crippen LogP contribution is -2.16. The third kappa shape index (κ3) is 3.51. The maximum atomic E-state index is 12.8. The first-order valence-electron chi connectivity index (χ1n) is 6.64. The van der Waals surface area contributed by atoms with Crippen LogP contribution in [0.5, 0.6) is 0 Å². The molecule has 0 bridgehead atoms. The number of pyridine rings is 2. The maximum absolute atomic E-state index is 12.8. The standard InChI is InChI=1S/C15H11ClFN5O/c1-9-6-11(22-5-4-13(16)21-22)7-12(19-9)15(23)20-14-3-2-10(17)8-18-14/h2-8H,1H3,(H,18,20,23). The summed E-state index contributed by atoms with van der Waals surface area (Å²) in [5, 5.41) is 6.99. The average Bonchev–Trinajstić information content (AvgIpc) is 2.95. The van der Waals surface area contributed by atoms with Gasteiger partial charge in [0, 0.05) is 11.9 Å². The molecule has 3 aromatic heterocycles. The van der Waals surface area contributed by atoms with Crippen molar-refractivity contribution in [2.24, 2.45) is 0 Å². The van der Waals surface area contributed by atoms with E-state index in [2.05, 4.69) is 20.4 Å². The number of aryl methyl sites for hydroxylation is 1. The van der Waals surface area contributed by atoms with Gasteiger partial charge in [0.25, 0.3) is 5.91 Å². The van der Waals surface area contributed by atoms with Crippen LogP contribution in [-0.2, 0) is 0 Å². The number of anilines is 1. The first-order chi connectivity index (χ1) is 11.0. The van der Waals surface area contributed by atoms with Crippen LogP contribution in [0.25, 0.3) is 5.69 Å². The summed E-state index contributed by atoms with van der Waals surface area (Å²) in [4.78, 5) is 20.2. The molecule has 1 N–H and O–H groups in total. The monoisotopic (exact) mass is 331 g/mol. The van der Waals surface area contributed by atoms with Crippen LogP contribution in [0.4, 0.5) is 10.2 Å². The molecule has 0 aliphatic heterocycles. The Morgan fingerprint density at radius 3 is 2.78 bits per heavy atom. The Bertz CT molecular complexity index is 863. The minimum atomic E-state index is -0.477. The van der Waals surface area contributed by atoms with Gasteiger partial charge in [-0.25, -0.2) is 19.0 Å². The van der Waals surface area contributed by atoms with Gasteiger partial charge in [-0.05, 0) is 37.3 Å². The van der Waals surface area contributed by atoms with Crippen molar-refractivity contribution in [1.29, 1.82) is 0 Å². The molecule has 23 heavy (non-hydrogen) atoms. The number of amides is 1. The zero-order valence-electron chi connectivity index (χ0n) is 12.0. The SMILES string of the molecule is Cc1cc(-n2ccc(Cl)n2)cc(C(=O)Nc2ccc(F)cn2)n1. The predicted molar refractivity (Wildman–Crippen MR) is 83.3 cm³/mol. The molecule has 0 radical (unpaired) electrons. The van der Waals surface area contributed by atoms with Gasteiger partial charge in [0.2, 0.25) is 0 Å². The van der Waals surface area contributed by atoms with Crippen molar-refractivity contribution >= 4 is 23.3 Å². The van der Waals surface area contributed by atoms with Crippen LogP contribution >= 0.6 is 11.6 Å². The minimum absolute atomic E-state index is 0.192. The van der Waals surface area contributed by atoms with E-state index in [9.17, 15) is 9.18 Å². The third-order valence-electron chi connectivity index (χ3n) is 2.96. The number of carbonyl (C=O) groups is 1. The van der Waals surface area contributed by atoms with Gasteiger partial charge >= 0.3 is 0 Å². The van der Waals surface area contributed by atoms with E-state index in [1.165, 1.54) is 12.1 Å². The number of aromatic nitrogens is 4. The van der Waals surface area contributed by atoms with Crippen LogP contribution in [-0.4, -0.2) is 25.7 Å². The second kappa shape index (κ2) is 6.13. The molecule has 0 spiro atoms. The number of nitrogens with one attached hydrogen (secondary N) is 1. The van der Waals surface area contributed by atoms with E-state index < -0.39 is 11.7 Å². The Labute approximate surface area is 136 Å². The largest absolute Gasteiger partial charge is 0.305 e. The lowest BCUT2D eigenvalue weighted by atomic mass is 10.2. The quantitative estimate of drug-likeness (QED) is 0.800. The van der Waals surface area contributed by atoms with Gasteiger partial charge in [-0.15, -0.1) is 0 Å². The highest BCUT2D eigenvalue weighted by molar-refractivity contribution is 6.29. The summed E-state index contributed by atoms with van der Waals surface area (Å²) in [6.45, 7) is 1.77. The Balaban J connectivity index is 1.88. The highest BCUT2D eigenvalue weighted by Crippen LogP contribution is 2.14. The molecule has 3 heterocycles. The van der Waals surface area contributed by atoms with Gasteiger partial charge < -0.3 is 5.32 Å². The minimum Gasteiger partial charge on any atom is -0.305 e. The van der Waals surface area contributed by atoms with Crippen molar-refractivity contribution in [3.05, 3.63) is 65.1 Å². The normalized spacial score (nSPS) is 10.6. The Kier molecular flexibility index (Phi) is 4.03. The predicted octanol–water partition coefficient (Wildman–Crippen LogP) is 3.02. The molecule has 0 atom stereocenters. The number of carbonyl (C=O) groups excluding carboxylic acids is 1. The summed E-state index contributed by atoms with van der Waals surface area (Å²) in [6, 6.07) is 7.58. The van der Waals surface area contributed by atoms with Gasteiger partial charge in [-0.3, -0.25) is 4.79 Å². The highest BCUT2D eigenvalue weighted by atomic mass is 35.5. The van der Waals surface area contributed by atoms with E-state index >= 15 is 0 Å². The number of rotatable bonds is 3. The van der Waals surface area contributed by atoms with Gasteiger partial charge in [0.15, 0.2) is 5.15 Å². The lowest BCUT2D eigenvalue weighted by molar-refractivity contribution is 0.102. The van der Waals surface area contributed by atoms with E-state index in [-0.39, 0.29) is 11.5 Å². The molecule has 6 nitrogen and oxygen atoms in total. The maximum Gasteiger partial charge on any atom is 0.275 e. The van der Waals surface area contributed by atoms with Crippen LogP contribution in [0.2, 0.25) is 5.15 Å². The summed E-state index contributed by atoms with van der Waals surface area (Å²) in [5.41, 5.74) is 1.49. The molecule has 3 rings (SSSR count). The van der Waals surface area contributed by atoms with Gasteiger partial charge in [-0.2, -0.15) is 5.10 Å². The van der Waals surface area contributed by atoms with Crippen LogP contribution in [0, 0.1) is 12.7 Å². The first kappa shape index (κ1) is 15.1. The molecular formula is C15H11ClFN5O. The molecule has 0 aromatic carbocycles. The van der Waals surface area contributed by atoms with E-state index in [4.69, 9.17) is 11.6 Å². The number of nitrogens with zero attached hydrogens (tertiary/aromatic N) is 4. The average molecular weight is 332 g/mol. The Morgan fingerprint density at radius 2 is 2.13 bits per heavy atom. The number of hydrogen-bond donors (Lipinski definition) is 1. The van der Waals surface area contributed by atoms with Crippen molar-refractivity contribution in [2.75, 3.05) is 5.32 Å². The zero-order valence-corrected chi connectivity index (χ0v) is 12.8. The summed E-state index contributed by atoms with van der Waals surface area (Å²) in [5.74, 6) is -0.690. The second-order valence-electron chi connectivity index (χ2n) is 4.75. The fourth-order valence-electron chi connectivity index (χ4n) is 1.97. The molecule has 0 fully saturated rings. The van der Waals surface area contributed by atoms with Crippen LogP contribution < -0.4 is 5.32 Å². The van der Waals surface area contributed by atoms with Gasteiger partial charge in [0.05, 0.1) is 11.9 Å². The van der Waals surface area contributed by atoms with Crippen LogP contribution in [0.3, 0.4) is 0 Å². The Morgan fingerprint density at radius 1 is 1.30 bits per heavy atom. The number of hydrogen-bond acceptors (Lipinski definition) is 4. The molecule has 8 heteroatoms. The zero-order chi connectivity index (χ0) is 16.4.